The second-order valence-corrected chi connectivity index (χ2v) is 11.1. The second-order valence-electron chi connectivity index (χ2n) is 8.14. The molecule has 0 aromatic carbocycles. The topological polar surface area (TPSA) is 260 Å². The Morgan fingerprint density at radius 1 is 1.19 bits per heavy atom. The Bertz CT molecular complexity index is 1190. The van der Waals surface area contributed by atoms with Crippen molar-refractivity contribution in [2.45, 2.75) is 56.6 Å². The fourth-order valence-corrected chi connectivity index (χ4v) is 5.37. The molecular weight excluding hydrogens is 546 g/mol. The Hall–Kier alpha value is -1.95. The predicted molar refractivity (Wildman–Crippen MR) is 120 cm³/mol. The molecule has 0 saturated carbocycles. The highest BCUT2D eigenvalue weighted by atomic mass is 31.2. The van der Waals surface area contributed by atoms with Crippen molar-refractivity contribution in [3.8, 4) is 0 Å². The molecule has 2 saturated heterocycles. The highest BCUT2D eigenvalue weighted by Crippen LogP contribution is 2.50. The molecule has 4 unspecified atom stereocenters. The summed E-state index contributed by atoms with van der Waals surface area (Å²) in [6.07, 6.45) is -6.00. The van der Waals surface area contributed by atoms with Gasteiger partial charge in [-0.2, -0.15) is 0 Å². The number of carbonyl (C=O) groups excluding carboxylic acids is 1. The average molecular weight is 574 g/mol. The fraction of sp³-hybridized carbons (Fsp3) is 0.706. The number of aromatic amines is 1. The molecule has 0 bridgehead atoms. The molecule has 210 valence electrons. The van der Waals surface area contributed by atoms with E-state index in [0.29, 0.717) is 0 Å². The number of hydrogen-bond donors (Lipinski definition) is 6. The maximum atomic E-state index is 12.6. The predicted octanol–water partition coefficient (Wildman–Crippen LogP) is -1.46. The molecule has 2 aliphatic heterocycles. The van der Waals surface area contributed by atoms with Crippen LogP contribution in [0.15, 0.2) is 15.8 Å². The van der Waals surface area contributed by atoms with Crippen molar-refractivity contribution in [3.63, 3.8) is 0 Å². The van der Waals surface area contributed by atoms with Gasteiger partial charge in [-0.1, -0.05) is 0 Å². The summed E-state index contributed by atoms with van der Waals surface area (Å²) in [7, 11) is -8.49. The lowest BCUT2D eigenvalue weighted by atomic mass is 10.2. The normalized spacial score (nSPS) is 31.1. The number of hydrogen-bond acceptors (Lipinski definition) is 12. The van der Waals surface area contributed by atoms with Gasteiger partial charge in [0.2, 0.25) is 0 Å². The maximum absolute atomic E-state index is 12.6. The van der Waals surface area contributed by atoms with Crippen LogP contribution in [0.4, 0.5) is 4.79 Å². The first kappa shape index (κ1) is 29.6. The number of aryl methyl sites for hydroxylation is 1. The molecule has 1 aromatic heterocycles. The molecule has 1 aromatic rings. The van der Waals surface area contributed by atoms with Gasteiger partial charge in [0, 0.05) is 31.7 Å². The monoisotopic (exact) mass is 574 g/mol. The van der Waals surface area contributed by atoms with E-state index in [2.05, 4.69) is 14.8 Å². The lowest BCUT2D eigenvalue weighted by Gasteiger charge is -2.23. The highest BCUT2D eigenvalue weighted by molar-refractivity contribution is 7.47. The van der Waals surface area contributed by atoms with Gasteiger partial charge in [-0.05, 0) is 6.92 Å². The van der Waals surface area contributed by atoms with Crippen molar-refractivity contribution in [1.82, 2.24) is 14.9 Å². The van der Waals surface area contributed by atoms with Crippen LogP contribution in [0, 0.1) is 6.92 Å². The molecule has 20 heteroatoms. The van der Waals surface area contributed by atoms with Gasteiger partial charge in [-0.15, -0.1) is 0 Å². The summed E-state index contributed by atoms with van der Waals surface area (Å²) in [6, 6.07) is -0.918. The van der Waals surface area contributed by atoms with E-state index in [-0.39, 0.29) is 18.4 Å². The van der Waals surface area contributed by atoms with Crippen LogP contribution in [-0.4, -0.2) is 81.4 Å². The molecule has 0 spiro atoms. The Morgan fingerprint density at radius 2 is 1.84 bits per heavy atom. The summed E-state index contributed by atoms with van der Waals surface area (Å²) in [5.74, 6) is 0. The van der Waals surface area contributed by atoms with Gasteiger partial charge in [0.25, 0.3) is 5.56 Å². The molecule has 8 atom stereocenters. The summed E-state index contributed by atoms with van der Waals surface area (Å²) < 4.78 is 56.1. The SMILES string of the molecule is COP(=O)(O)OC1C[C@H](n2cc(C)c(=O)[nH]c2=O)O[C@@H]1COP(=O)(O)OC1C[C@H](NC(N)=O)O[C@@H]1CO. The van der Waals surface area contributed by atoms with Crippen LogP contribution in [0.3, 0.4) is 0 Å². The molecule has 0 radical (unpaired) electrons. The number of H-pyrrole nitrogens is 1. The summed E-state index contributed by atoms with van der Waals surface area (Å²) in [5, 5.41) is 11.7. The molecule has 0 aliphatic carbocycles. The number of urea groups is 1. The number of ether oxygens (including phenoxy) is 2. The van der Waals surface area contributed by atoms with Crippen LogP contribution in [0.1, 0.15) is 24.6 Å². The number of carbonyl (C=O) groups is 1. The first-order chi connectivity index (χ1) is 17.2. The van der Waals surface area contributed by atoms with Crippen molar-refractivity contribution in [2.24, 2.45) is 5.73 Å². The smallest absolute Gasteiger partial charge is 0.394 e. The number of primary amides is 1. The molecule has 2 fully saturated rings. The van der Waals surface area contributed by atoms with Crippen LogP contribution in [0.25, 0.3) is 0 Å². The number of aliphatic hydroxyl groups is 1. The third-order valence-electron chi connectivity index (χ3n) is 5.49. The molecular formula is C17H28N4O14P2. The standard InChI is InChI=1S/C17H28N4O14P2/c1-8-5-21(17(25)20-15(8)23)14-4-10(34-36(26,27)30-2)12(33-14)7-31-37(28,29)35-9-3-13(19-16(18)24)32-11(9)6-22/h5,9-14,22H,3-4,6-7H2,1-2H3,(H,26,27)(H,28,29)(H3,18,19,24)(H,20,23,25)/t9?,10?,11-,12-,13-,14-/m1/s1. The molecule has 2 amide bonds. The minimum absolute atomic E-state index is 0.133. The third kappa shape index (κ3) is 7.78. The number of nitrogens with two attached hydrogens (primary N) is 1. The van der Waals surface area contributed by atoms with Crippen LogP contribution >= 0.6 is 15.6 Å². The molecule has 18 nitrogen and oxygen atoms in total. The van der Waals surface area contributed by atoms with Crippen LogP contribution in [0.5, 0.6) is 0 Å². The van der Waals surface area contributed by atoms with Gasteiger partial charge in [-0.3, -0.25) is 32.4 Å². The Labute approximate surface area is 208 Å². The van der Waals surface area contributed by atoms with E-state index in [0.717, 1.165) is 11.7 Å². The molecule has 3 heterocycles. The quantitative estimate of drug-likeness (QED) is 0.165. The van der Waals surface area contributed by atoms with Gasteiger partial charge in [0.1, 0.15) is 36.9 Å². The van der Waals surface area contributed by atoms with E-state index in [1.807, 2.05) is 0 Å². The van der Waals surface area contributed by atoms with Crippen molar-refractivity contribution in [1.29, 1.82) is 0 Å². The summed E-state index contributed by atoms with van der Waals surface area (Å²) in [6.45, 7) is 0.123. The first-order valence-corrected chi connectivity index (χ1v) is 13.7. The fourth-order valence-electron chi connectivity index (χ4n) is 3.76. The van der Waals surface area contributed by atoms with Gasteiger partial charge < -0.3 is 35.4 Å². The number of nitrogens with zero attached hydrogens (tertiary/aromatic N) is 1. The summed E-state index contributed by atoms with van der Waals surface area (Å²) in [4.78, 5) is 57.0. The van der Waals surface area contributed by atoms with Crippen LogP contribution < -0.4 is 22.3 Å². The van der Waals surface area contributed by atoms with E-state index in [1.54, 1.807) is 0 Å². The van der Waals surface area contributed by atoms with Crippen molar-refractivity contribution < 1.29 is 56.4 Å². The number of amides is 2. The number of aromatic nitrogens is 2. The largest absolute Gasteiger partial charge is 0.472 e. The second kappa shape index (κ2) is 11.8. The van der Waals surface area contributed by atoms with Gasteiger partial charge in [-0.25, -0.2) is 18.7 Å². The van der Waals surface area contributed by atoms with Crippen LogP contribution in [0.2, 0.25) is 0 Å². The Morgan fingerprint density at radius 3 is 2.46 bits per heavy atom. The number of phosphoric ester groups is 2. The minimum atomic E-state index is -4.86. The number of phosphoric acid groups is 2. The minimum Gasteiger partial charge on any atom is -0.394 e. The molecule has 37 heavy (non-hydrogen) atoms. The van der Waals surface area contributed by atoms with Crippen molar-refractivity contribution in [3.05, 3.63) is 32.6 Å². The molecule has 3 rings (SSSR count). The zero-order valence-electron chi connectivity index (χ0n) is 19.6. The zero-order chi connectivity index (χ0) is 27.5. The van der Waals surface area contributed by atoms with Crippen LogP contribution in [-0.2, 0) is 36.7 Å². The zero-order valence-corrected chi connectivity index (χ0v) is 21.4. The van der Waals surface area contributed by atoms with Crippen molar-refractivity contribution in [2.75, 3.05) is 20.3 Å². The van der Waals surface area contributed by atoms with E-state index in [9.17, 15) is 38.4 Å². The number of rotatable bonds is 11. The molecule has 7 N–H and O–H groups in total. The van der Waals surface area contributed by atoms with Gasteiger partial charge in [0.15, 0.2) is 0 Å². The van der Waals surface area contributed by atoms with Gasteiger partial charge in [0.05, 0.1) is 13.2 Å². The lowest BCUT2D eigenvalue weighted by molar-refractivity contribution is -0.0531. The summed E-state index contributed by atoms with van der Waals surface area (Å²) in [5.41, 5.74) is 3.76. The number of aliphatic hydroxyl groups excluding tert-OH is 1. The number of nitrogens with one attached hydrogen (secondary N) is 2. The van der Waals surface area contributed by atoms with E-state index >= 15 is 0 Å². The third-order valence-corrected chi connectivity index (χ3v) is 7.50. The molecule has 2 aliphatic rings. The average Bonchev–Trinajstić information content (AvgIpc) is 3.36. The van der Waals surface area contributed by atoms with E-state index in [1.165, 1.54) is 13.1 Å². The van der Waals surface area contributed by atoms with Crippen molar-refractivity contribution >= 4 is 21.7 Å². The Balaban J connectivity index is 1.71. The highest BCUT2D eigenvalue weighted by Gasteiger charge is 2.45. The Kier molecular flexibility index (Phi) is 9.47. The van der Waals surface area contributed by atoms with E-state index < -0.39 is 83.0 Å². The summed E-state index contributed by atoms with van der Waals surface area (Å²) >= 11 is 0. The van der Waals surface area contributed by atoms with Gasteiger partial charge >= 0.3 is 27.4 Å². The van der Waals surface area contributed by atoms with E-state index in [4.69, 9.17) is 28.8 Å². The first-order valence-electron chi connectivity index (χ1n) is 10.8. The maximum Gasteiger partial charge on any atom is 0.472 e. The lowest BCUT2D eigenvalue weighted by Crippen LogP contribution is -2.38.